The third-order valence-electron chi connectivity index (χ3n) is 5.28. The fourth-order valence-electron chi connectivity index (χ4n) is 3.60. The molecule has 1 amide bonds. The molecule has 0 aliphatic heterocycles. The predicted molar refractivity (Wildman–Crippen MR) is 131 cm³/mol. The SMILES string of the molecule is CCOC(C#Cc1cnc(Cl)nc1NC1(COC(=O)NC(C)(C)C)CCC(OC)CC1)OCC. The van der Waals surface area contributed by atoms with Crippen LogP contribution in [-0.4, -0.2) is 66.5 Å². The zero-order valence-corrected chi connectivity index (χ0v) is 21.8. The number of methoxy groups -OCH3 is 1. The second-order valence-corrected chi connectivity index (χ2v) is 9.54. The second kappa shape index (κ2) is 13.1. The molecule has 10 heteroatoms. The van der Waals surface area contributed by atoms with Crippen molar-refractivity contribution < 1.29 is 23.7 Å². The lowest BCUT2D eigenvalue weighted by Crippen LogP contribution is -2.50. The first kappa shape index (κ1) is 28.1. The molecule has 1 saturated carbocycles. The largest absolute Gasteiger partial charge is 0.447 e. The van der Waals surface area contributed by atoms with E-state index >= 15 is 0 Å². The van der Waals surface area contributed by atoms with Crippen LogP contribution in [0.4, 0.5) is 10.6 Å². The number of hydrogen-bond acceptors (Lipinski definition) is 8. The highest BCUT2D eigenvalue weighted by molar-refractivity contribution is 6.28. The fraction of sp³-hybridized carbons (Fsp3) is 0.708. The maximum Gasteiger partial charge on any atom is 0.407 e. The minimum absolute atomic E-state index is 0.0892. The average Bonchev–Trinajstić information content (AvgIpc) is 2.77. The molecule has 1 aliphatic carbocycles. The molecule has 1 heterocycles. The van der Waals surface area contributed by atoms with Gasteiger partial charge < -0.3 is 29.6 Å². The van der Waals surface area contributed by atoms with Gasteiger partial charge in [0.25, 0.3) is 0 Å². The molecule has 1 aliphatic rings. The van der Waals surface area contributed by atoms with Crippen molar-refractivity contribution in [3.63, 3.8) is 0 Å². The van der Waals surface area contributed by atoms with Crippen molar-refractivity contribution in [3.8, 4) is 11.8 Å². The van der Waals surface area contributed by atoms with Crippen LogP contribution in [0.1, 0.15) is 65.9 Å². The van der Waals surface area contributed by atoms with Gasteiger partial charge in [-0.2, -0.15) is 4.98 Å². The number of anilines is 1. The molecule has 0 bridgehead atoms. The molecule has 1 aromatic heterocycles. The Kier molecular flexibility index (Phi) is 10.8. The maximum atomic E-state index is 12.4. The lowest BCUT2D eigenvalue weighted by molar-refractivity contribution is -0.0969. The molecular weight excluding hydrogens is 460 g/mol. The number of ether oxygens (including phenoxy) is 4. The van der Waals surface area contributed by atoms with Crippen molar-refractivity contribution in [2.45, 2.75) is 83.8 Å². The van der Waals surface area contributed by atoms with Crippen LogP contribution in [0.25, 0.3) is 0 Å². The van der Waals surface area contributed by atoms with Crippen LogP contribution in [-0.2, 0) is 18.9 Å². The summed E-state index contributed by atoms with van der Waals surface area (Å²) >= 11 is 6.11. The topological polar surface area (TPSA) is 104 Å². The van der Waals surface area contributed by atoms with E-state index in [4.69, 9.17) is 30.5 Å². The molecule has 0 saturated heterocycles. The molecule has 190 valence electrons. The smallest absolute Gasteiger partial charge is 0.407 e. The number of nitrogens with one attached hydrogen (secondary N) is 2. The molecule has 1 fully saturated rings. The maximum absolute atomic E-state index is 12.4. The molecule has 2 N–H and O–H groups in total. The summed E-state index contributed by atoms with van der Waals surface area (Å²) in [6.07, 6.45) is 3.63. The van der Waals surface area contributed by atoms with Gasteiger partial charge in [0.05, 0.1) is 17.2 Å². The molecule has 2 rings (SSSR count). The monoisotopic (exact) mass is 496 g/mol. The fourth-order valence-corrected chi connectivity index (χ4v) is 3.73. The summed E-state index contributed by atoms with van der Waals surface area (Å²) < 4.78 is 22.2. The zero-order chi connectivity index (χ0) is 25.2. The van der Waals surface area contributed by atoms with E-state index in [9.17, 15) is 4.79 Å². The molecule has 1 aromatic rings. The van der Waals surface area contributed by atoms with Crippen LogP contribution in [0.15, 0.2) is 6.20 Å². The lowest BCUT2D eigenvalue weighted by atomic mass is 9.80. The summed E-state index contributed by atoms with van der Waals surface area (Å²) in [5.41, 5.74) is -0.412. The first-order valence-electron chi connectivity index (χ1n) is 11.6. The Labute approximate surface area is 207 Å². The number of amides is 1. The van der Waals surface area contributed by atoms with Gasteiger partial charge in [-0.1, -0.05) is 5.92 Å². The van der Waals surface area contributed by atoms with E-state index in [0.29, 0.717) is 37.4 Å². The second-order valence-electron chi connectivity index (χ2n) is 9.20. The van der Waals surface area contributed by atoms with Crippen molar-refractivity contribution in [3.05, 3.63) is 17.0 Å². The van der Waals surface area contributed by atoms with Crippen molar-refractivity contribution in [1.82, 2.24) is 15.3 Å². The first-order chi connectivity index (χ1) is 16.1. The number of hydrogen-bond donors (Lipinski definition) is 2. The number of aromatic nitrogens is 2. The van der Waals surface area contributed by atoms with Crippen molar-refractivity contribution in [2.24, 2.45) is 0 Å². The van der Waals surface area contributed by atoms with Gasteiger partial charge >= 0.3 is 6.09 Å². The summed E-state index contributed by atoms with van der Waals surface area (Å²) in [6, 6.07) is 0. The van der Waals surface area contributed by atoms with Gasteiger partial charge in [-0.25, -0.2) is 9.78 Å². The van der Waals surface area contributed by atoms with E-state index < -0.39 is 23.5 Å². The highest BCUT2D eigenvalue weighted by Gasteiger charge is 2.38. The average molecular weight is 497 g/mol. The molecule has 0 aromatic carbocycles. The Bertz CT molecular complexity index is 851. The van der Waals surface area contributed by atoms with Gasteiger partial charge in [-0.05, 0) is 77.8 Å². The van der Waals surface area contributed by atoms with Gasteiger partial charge in [0.2, 0.25) is 11.6 Å². The Morgan fingerprint density at radius 1 is 1.26 bits per heavy atom. The molecule has 9 nitrogen and oxygen atoms in total. The summed E-state index contributed by atoms with van der Waals surface area (Å²) in [5.74, 6) is 6.48. The number of nitrogens with zero attached hydrogens (tertiary/aromatic N) is 2. The van der Waals surface area contributed by atoms with E-state index in [1.165, 1.54) is 0 Å². The predicted octanol–water partition coefficient (Wildman–Crippen LogP) is 4.15. The van der Waals surface area contributed by atoms with Crippen LogP contribution in [0.2, 0.25) is 5.28 Å². The van der Waals surface area contributed by atoms with E-state index in [-0.39, 0.29) is 18.0 Å². The Morgan fingerprint density at radius 3 is 2.47 bits per heavy atom. The van der Waals surface area contributed by atoms with Crippen LogP contribution < -0.4 is 10.6 Å². The van der Waals surface area contributed by atoms with E-state index in [2.05, 4.69) is 32.4 Å². The lowest BCUT2D eigenvalue weighted by Gasteiger charge is -2.40. The van der Waals surface area contributed by atoms with Crippen molar-refractivity contribution >= 4 is 23.5 Å². The Morgan fingerprint density at radius 2 is 1.91 bits per heavy atom. The quantitative estimate of drug-likeness (QED) is 0.298. The summed E-state index contributed by atoms with van der Waals surface area (Å²) in [5, 5.41) is 6.39. The zero-order valence-electron chi connectivity index (χ0n) is 21.0. The number of carbonyl (C=O) groups is 1. The van der Waals surface area contributed by atoms with Crippen LogP contribution >= 0.6 is 11.6 Å². The molecule has 0 radical (unpaired) electrons. The number of carbonyl (C=O) groups excluding carboxylic acids is 1. The summed E-state index contributed by atoms with van der Waals surface area (Å²) in [7, 11) is 1.71. The van der Waals surface area contributed by atoms with Gasteiger partial charge in [-0.15, -0.1) is 0 Å². The molecule has 0 atom stereocenters. The van der Waals surface area contributed by atoms with E-state index in [1.807, 2.05) is 34.6 Å². The molecule has 34 heavy (non-hydrogen) atoms. The summed E-state index contributed by atoms with van der Waals surface area (Å²) in [4.78, 5) is 20.8. The third kappa shape index (κ3) is 9.26. The van der Waals surface area contributed by atoms with Gasteiger partial charge in [0.15, 0.2) is 0 Å². The van der Waals surface area contributed by atoms with Crippen LogP contribution in [0.5, 0.6) is 0 Å². The van der Waals surface area contributed by atoms with E-state index in [0.717, 1.165) is 12.8 Å². The highest BCUT2D eigenvalue weighted by Crippen LogP contribution is 2.34. The van der Waals surface area contributed by atoms with Crippen molar-refractivity contribution in [1.29, 1.82) is 0 Å². The van der Waals surface area contributed by atoms with Gasteiger partial charge in [-0.3, -0.25) is 0 Å². The summed E-state index contributed by atoms with van der Waals surface area (Å²) in [6.45, 7) is 10.6. The molecular formula is C24H37ClN4O5. The number of halogens is 1. The highest BCUT2D eigenvalue weighted by atomic mass is 35.5. The minimum Gasteiger partial charge on any atom is -0.447 e. The van der Waals surface area contributed by atoms with Gasteiger partial charge in [0, 0.05) is 32.1 Å². The van der Waals surface area contributed by atoms with E-state index in [1.54, 1.807) is 13.3 Å². The minimum atomic E-state index is -0.658. The third-order valence-corrected chi connectivity index (χ3v) is 5.47. The van der Waals surface area contributed by atoms with Crippen molar-refractivity contribution in [2.75, 3.05) is 32.2 Å². The van der Waals surface area contributed by atoms with Gasteiger partial charge in [0.1, 0.15) is 12.4 Å². The number of rotatable bonds is 9. The standard InChI is InChI=1S/C24H37ClN4O5/c1-7-32-19(33-8-2)10-9-17-15-26-21(25)27-20(17)28-24(13-11-18(31-6)12-14-24)16-34-22(30)29-23(3,4)5/h15,18-19H,7-8,11-14,16H2,1-6H3,(H,29,30)(H,26,27,28). The van der Waals surface area contributed by atoms with Crippen LogP contribution in [0.3, 0.4) is 0 Å². The molecule has 0 unspecified atom stereocenters. The Hall–Kier alpha value is -2.12. The normalized spacial score (nSPS) is 20.4. The van der Waals surface area contributed by atoms with Crippen LogP contribution in [0, 0.1) is 11.8 Å². The molecule has 0 spiro atoms. The number of alkyl carbamates (subject to hydrolysis) is 1. The first-order valence-corrected chi connectivity index (χ1v) is 12.0. The Balaban J connectivity index is 2.28.